The predicted molar refractivity (Wildman–Crippen MR) is 143 cm³/mol. The predicted octanol–water partition coefficient (Wildman–Crippen LogP) is 5.17. The molecule has 0 bridgehead atoms. The summed E-state index contributed by atoms with van der Waals surface area (Å²) in [5, 5.41) is 4.48. The van der Waals surface area contributed by atoms with Crippen LogP contribution in [0.4, 0.5) is 19.0 Å². The number of aromatic nitrogens is 3. The van der Waals surface area contributed by atoms with Crippen molar-refractivity contribution in [3.8, 4) is 17.0 Å². The first-order valence-corrected chi connectivity index (χ1v) is 14.3. The highest BCUT2D eigenvalue weighted by Crippen LogP contribution is 2.37. The summed E-state index contributed by atoms with van der Waals surface area (Å²) in [5.41, 5.74) is -0.209. The highest BCUT2D eigenvalue weighted by molar-refractivity contribution is 7.89. The van der Waals surface area contributed by atoms with Gasteiger partial charge in [0.05, 0.1) is 17.6 Å². The van der Waals surface area contributed by atoms with Crippen molar-refractivity contribution in [2.75, 3.05) is 38.2 Å². The molecule has 2 aromatic heterocycles. The Hall–Kier alpha value is -3.71. The van der Waals surface area contributed by atoms with E-state index in [0.717, 1.165) is 18.6 Å². The topological polar surface area (TPSA) is 102 Å². The van der Waals surface area contributed by atoms with Crippen molar-refractivity contribution in [3.05, 3.63) is 59.9 Å². The summed E-state index contributed by atoms with van der Waals surface area (Å²) in [7, 11) is -2.24. The van der Waals surface area contributed by atoms with Gasteiger partial charge in [-0.3, -0.25) is 0 Å². The maximum absolute atomic E-state index is 13.4. The molecular weight excluding hydrogens is 547 g/mol. The summed E-state index contributed by atoms with van der Waals surface area (Å²) < 4.78 is 79.1. The molecule has 0 amide bonds. The van der Waals surface area contributed by atoms with Gasteiger partial charge in [0.25, 0.3) is 5.71 Å². The van der Waals surface area contributed by atoms with Gasteiger partial charge >= 0.3 is 6.18 Å². The van der Waals surface area contributed by atoms with Crippen LogP contribution in [0, 0.1) is 0 Å². The molecule has 0 aliphatic carbocycles. The van der Waals surface area contributed by atoms with E-state index in [1.165, 1.54) is 35.7 Å². The molecule has 5 rings (SSSR count). The normalized spacial score (nSPS) is 15.4. The molecule has 9 nitrogen and oxygen atoms in total. The fraction of sp³-hybridized carbons (Fsp3) is 0.370. The van der Waals surface area contributed by atoms with Crippen molar-refractivity contribution in [2.24, 2.45) is 0 Å². The molecule has 0 saturated carbocycles. The molecule has 0 radical (unpaired) electrons. The van der Waals surface area contributed by atoms with E-state index in [1.54, 1.807) is 12.1 Å². The van der Waals surface area contributed by atoms with Gasteiger partial charge < -0.3 is 14.2 Å². The fourth-order valence-corrected chi connectivity index (χ4v) is 6.20. The van der Waals surface area contributed by atoms with Gasteiger partial charge in [-0.25, -0.2) is 13.4 Å². The number of sulfonamides is 1. The lowest BCUT2D eigenvalue weighted by Gasteiger charge is -2.23. The van der Waals surface area contributed by atoms with Crippen LogP contribution >= 0.6 is 0 Å². The molecule has 0 atom stereocenters. The van der Waals surface area contributed by atoms with Crippen molar-refractivity contribution in [1.29, 1.82) is 0 Å². The minimum Gasteiger partial charge on any atom is -0.497 e. The van der Waals surface area contributed by atoms with Crippen molar-refractivity contribution in [2.45, 2.75) is 37.3 Å². The molecule has 40 heavy (non-hydrogen) atoms. The highest BCUT2D eigenvalue weighted by Gasteiger charge is 2.32. The Morgan fingerprint density at radius 2 is 1.80 bits per heavy atom. The van der Waals surface area contributed by atoms with Gasteiger partial charge in [0.2, 0.25) is 10.0 Å². The van der Waals surface area contributed by atoms with Crippen LogP contribution in [-0.4, -0.2) is 61.1 Å². The summed E-state index contributed by atoms with van der Waals surface area (Å²) in [6.45, 7) is 3.24. The largest absolute Gasteiger partial charge is 0.497 e. The number of nitrogens with zero attached hydrogens (tertiary/aromatic N) is 5. The van der Waals surface area contributed by atoms with Crippen molar-refractivity contribution < 1.29 is 30.8 Å². The van der Waals surface area contributed by atoms with E-state index < -0.39 is 21.8 Å². The first kappa shape index (κ1) is 27.8. The molecule has 0 unspecified atom stereocenters. The number of halogens is 3. The molecule has 1 aliphatic heterocycles. The van der Waals surface area contributed by atoms with E-state index in [9.17, 15) is 21.6 Å². The van der Waals surface area contributed by atoms with Crippen LogP contribution in [0.1, 0.15) is 31.2 Å². The summed E-state index contributed by atoms with van der Waals surface area (Å²) in [4.78, 5) is 11.3. The average Bonchev–Trinajstić information content (AvgIpc) is 3.20. The minimum atomic E-state index is -4.52. The first-order chi connectivity index (χ1) is 19.1. The number of aryl methyl sites for hydroxylation is 1. The van der Waals surface area contributed by atoms with Crippen LogP contribution < -0.4 is 9.64 Å². The maximum Gasteiger partial charge on any atom is 0.416 e. The molecule has 3 heterocycles. The van der Waals surface area contributed by atoms with Crippen LogP contribution in [-0.2, 0) is 22.6 Å². The molecule has 4 aromatic rings. The van der Waals surface area contributed by atoms with E-state index in [4.69, 9.17) is 14.2 Å². The third-order valence-electron chi connectivity index (χ3n) is 6.75. The number of anilines is 1. The van der Waals surface area contributed by atoms with E-state index in [0.29, 0.717) is 55.3 Å². The van der Waals surface area contributed by atoms with Crippen LogP contribution in [0.3, 0.4) is 0 Å². The molecule has 212 valence electrons. The fourth-order valence-electron chi connectivity index (χ4n) is 4.73. The van der Waals surface area contributed by atoms with Gasteiger partial charge in [0.15, 0.2) is 0 Å². The quantitative estimate of drug-likeness (QED) is 0.298. The third-order valence-corrected chi connectivity index (χ3v) is 8.66. The Morgan fingerprint density at radius 1 is 1.02 bits per heavy atom. The second kappa shape index (κ2) is 11.0. The van der Waals surface area contributed by atoms with Crippen molar-refractivity contribution >= 4 is 26.9 Å². The van der Waals surface area contributed by atoms with Crippen molar-refractivity contribution in [1.82, 2.24) is 19.4 Å². The number of fused-ring (bicyclic) bond motifs is 1. The Balaban J connectivity index is 1.51. The molecule has 1 aliphatic rings. The lowest BCUT2D eigenvalue weighted by Crippen LogP contribution is -2.35. The number of methoxy groups -OCH3 is 1. The number of hydrogen-bond donors (Lipinski definition) is 0. The highest BCUT2D eigenvalue weighted by atomic mass is 32.2. The van der Waals surface area contributed by atoms with Gasteiger partial charge in [0.1, 0.15) is 28.5 Å². The Morgan fingerprint density at radius 3 is 2.50 bits per heavy atom. The zero-order chi connectivity index (χ0) is 28.5. The average molecular weight is 576 g/mol. The molecule has 0 spiro atoms. The summed E-state index contributed by atoms with van der Waals surface area (Å²) in [6, 6.07) is 11.1. The Bertz CT molecular complexity index is 1610. The lowest BCUT2D eigenvalue weighted by atomic mass is 10.1. The van der Waals surface area contributed by atoms with Crippen LogP contribution in [0.25, 0.3) is 22.4 Å². The van der Waals surface area contributed by atoms with Crippen LogP contribution in [0.5, 0.6) is 5.75 Å². The minimum absolute atomic E-state index is 0.169. The standard InChI is InChI=1S/C27H28F3N5O4S/c1-3-6-22-31-25(23-24(33-39-26(23)32-22)18-7-4-8-19(17-18)27(28,29)30)34-13-5-14-35(16-15-34)40(36,37)21-11-9-20(38-2)10-12-21/h4,7-12,17H,3,5-6,13-16H2,1-2H3. The zero-order valence-corrected chi connectivity index (χ0v) is 22.8. The molecule has 1 fully saturated rings. The van der Waals surface area contributed by atoms with Crippen molar-refractivity contribution in [3.63, 3.8) is 0 Å². The molecule has 1 saturated heterocycles. The van der Waals surface area contributed by atoms with Crippen LogP contribution in [0.15, 0.2) is 57.9 Å². The Kier molecular flexibility index (Phi) is 7.69. The second-order valence-electron chi connectivity index (χ2n) is 9.42. The molecule has 2 aromatic carbocycles. The maximum atomic E-state index is 13.4. The van der Waals surface area contributed by atoms with Crippen LogP contribution in [0.2, 0.25) is 0 Å². The number of ether oxygens (including phenoxy) is 1. The molecule has 0 N–H and O–H groups in total. The van der Waals surface area contributed by atoms with E-state index in [-0.39, 0.29) is 28.4 Å². The van der Waals surface area contributed by atoms with Gasteiger partial charge in [-0.05, 0) is 49.2 Å². The zero-order valence-electron chi connectivity index (χ0n) is 22.0. The number of hydrogen-bond acceptors (Lipinski definition) is 8. The summed E-state index contributed by atoms with van der Waals surface area (Å²) in [6.07, 6.45) is -2.68. The van der Waals surface area contributed by atoms with E-state index in [2.05, 4.69) is 10.1 Å². The number of rotatable bonds is 7. The van der Waals surface area contributed by atoms with E-state index in [1.807, 2.05) is 11.8 Å². The SMILES string of the molecule is CCCc1nc(N2CCCN(S(=O)(=O)c3ccc(OC)cc3)CC2)c2c(-c3cccc(C(F)(F)F)c3)noc2n1. The monoisotopic (exact) mass is 575 g/mol. The molecular formula is C27H28F3N5O4S. The van der Waals surface area contributed by atoms with E-state index >= 15 is 0 Å². The summed E-state index contributed by atoms with van der Waals surface area (Å²) >= 11 is 0. The van der Waals surface area contributed by atoms with Gasteiger partial charge in [-0.2, -0.15) is 22.5 Å². The lowest BCUT2D eigenvalue weighted by molar-refractivity contribution is -0.137. The summed E-state index contributed by atoms with van der Waals surface area (Å²) in [5.74, 6) is 1.54. The third kappa shape index (κ3) is 5.48. The van der Waals surface area contributed by atoms with Gasteiger partial charge in [0, 0.05) is 38.2 Å². The first-order valence-electron chi connectivity index (χ1n) is 12.8. The second-order valence-corrected chi connectivity index (χ2v) is 11.4. The molecule has 13 heteroatoms. The Labute approximate surface area is 229 Å². The van der Waals surface area contributed by atoms with Gasteiger partial charge in [-0.15, -0.1) is 0 Å². The number of alkyl halides is 3. The van der Waals surface area contributed by atoms with Gasteiger partial charge in [-0.1, -0.05) is 24.2 Å². The number of benzene rings is 2. The smallest absolute Gasteiger partial charge is 0.416 e.